The van der Waals surface area contributed by atoms with Crippen LogP contribution in [0, 0.1) is 6.92 Å². The average Bonchev–Trinajstić information content (AvgIpc) is 2.41. The molecule has 0 aromatic heterocycles. The summed E-state index contributed by atoms with van der Waals surface area (Å²) in [4.78, 5) is 2.53. The Bertz CT molecular complexity index is 350. The van der Waals surface area contributed by atoms with Crippen LogP contribution < -0.4 is 5.32 Å². The van der Waals surface area contributed by atoms with Crippen molar-refractivity contribution in [3.05, 3.63) is 29.8 Å². The third-order valence-corrected chi connectivity index (χ3v) is 3.60. The van der Waals surface area contributed by atoms with Crippen LogP contribution in [0.2, 0.25) is 0 Å². The molecule has 1 aromatic rings. The molecule has 1 N–H and O–H groups in total. The smallest absolute Gasteiger partial charge is 0.0622 e. The molecule has 1 unspecified atom stereocenters. The minimum atomic E-state index is 0.596. The molecule has 1 atom stereocenters. The molecule has 1 saturated heterocycles. The van der Waals surface area contributed by atoms with Crippen molar-refractivity contribution in [1.82, 2.24) is 4.90 Å². The van der Waals surface area contributed by atoms with Gasteiger partial charge in [0.25, 0.3) is 0 Å². The fourth-order valence-corrected chi connectivity index (χ4v) is 2.37. The topological polar surface area (TPSA) is 24.5 Å². The molecular formula is C15H24N2O. The van der Waals surface area contributed by atoms with Crippen molar-refractivity contribution in [2.45, 2.75) is 26.3 Å². The molecule has 0 aliphatic carbocycles. The highest BCUT2D eigenvalue weighted by Crippen LogP contribution is 2.11. The maximum Gasteiger partial charge on any atom is 0.0622 e. The number of rotatable bonds is 5. The second-order valence-electron chi connectivity index (χ2n) is 4.97. The van der Waals surface area contributed by atoms with Gasteiger partial charge in [-0.1, -0.05) is 24.6 Å². The van der Waals surface area contributed by atoms with Gasteiger partial charge in [-0.2, -0.15) is 0 Å². The van der Waals surface area contributed by atoms with Gasteiger partial charge in [0.05, 0.1) is 13.2 Å². The molecule has 0 bridgehead atoms. The summed E-state index contributed by atoms with van der Waals surface area (Å²) in [6.45, 7) is 9.27. The SMILES string of the molecule is CCC1COCCN1CCNc1ccc(C)cc1. The summed E-state index contributed by atoms with van der Waals surface area (Å²) in [6, 6.07) is 9.17. The Morgan fingerprint density at radius 1 is 1.33 bits per heavy atom. The molecular weight excluding hydrogens is 224 g/mol. The fourth-order valence-electron chi connectivity index (χ4n) is 2.37. The van der Waals surface area contributed by atoms with Gasteiger partial charge in [-0.3, -0.25) is 4.90 Å². The summed E-state index contributed by atoms with van der Waals surface area (Å²) in [5.41, 5.74) is 2.52. The fraction of sp³-hybridized carbons (Fsp3) is 0.600. The van der Waals surface area contributed by atoms with E-state index < -0.39 is 0 Å². The van der Waals surface area contributed by atoms with Crippen LogP contribution in [0.15, 0.2) is 24.3 Å². The number of ether oxygens (including phenoxy) is 1. The van der Waals surface area contributed by atoms with Crippen LogP contribution in [-0.4, -0.2) is 43.8 Å². The first-order valence-electron chi connectivity index (χ1n) is 6.92. The standard InChI is InChI=1S/C15H24N2O/c1-3-15-12-18-11-10-17(15)9-8-16-14-6-4-13(2)5-7-14/h4-7,15-16H,3,8-12H2,1-2H3. The molecule has 2 rings (SSSR count). The van der Waals surface area contributed by atoms with E-state index >= 15 is 0 Å². The van der Waals surface area contributed by atoms with Crippen LogP contribution in [0.4, 0.5) is 5.69 Å². The normalized spacial score (nSPS) is 20.9. The van der Waals surface area contributed by atoms with Gasteiger partial charge in [0.15, 0.2) is 0 Å². The number of anilines is 1. The van der Waals surface area contributed by atoms with Crippen molar-refractivity contribution in [3.63, 3.8) is 0 Å². The Kier molecular flexibility index (Phi) is 5.02. The lowest BCUT2D eigenvalue weighted by atomic mass is 10.2. The van der Waals surface area contributed by atoms with Gasteiger partial charge < -0.3 is 10.1 Å². The van der Waals surface area contributed by atoms with E-state index in [2.05, 4.69) is 48.3 Å². The van der Waals surface area contributed by atoms with E-state index in [1.807, 2.05) is 0 Å². The number of aryl methyl sites for hydroxylation is 1. The predicted octanol–water partition coefficient (Wildman–Crippen LogP) is 2.52. The van der Waals surface area contributed by atoms with Crippen LogP contribution in [0.25, 0.3) is 0 Å². The molecule has 3 nitrogen and oxygen atoms in total. The first-order chi connectivity index (χ1) is 8.79. The zero-order valence-corrected chi connectivity index (χ0v) is 11.5. The Morgan fingerprint density at radius 2 is 2.11 bits per heavy atom. The highest BCUT2D eigenvalue weighted by atomic mass is 16.5. The second kappa shape index (κ2) is 6.76. The number of benzene rings is 1. The molecule has 0 amide bonds. The van der Waals surface area contributed by atoms with Gasteiger partial charge in [0, 0.05) is 31.4 Å². The molecule has 1 fully saturated rings. The molecule has 1 aliphatic rings. The monoisotopic (exact) mass is 248 g/mol. The molecule has 100 valence electrons. The van der Waals surface area contributed by atoms with Crippen LogP contribution in [0.5, 0.6) is 0 Å². The molecule has 3 heteroatoms. The van der Waals surface area contributed by atoms with E-state index in [0.717, 1.165) is 32.8 Å². The number of hydrogen-bond acceptors (Lipinski definition) is 3. The Labute approximate surface area is 110 Å². The van der Waals surface area contributed by atoms with E-state index in [0.29, 0.717) is 6.04 Å². The zero-order valence-electron chi connectivity index (χ0n) is 11.5. The van der Waals surface area contributed by atoms with Crippen molar-refractivity contribution >= 4 is 5.69 Å². The first-order valence-corrected chi connectivity index (χ1v) is 6.92. The van der Waals surface area contributed by atoms with Crippen LogP contribution in [0.3, 0.4) is 0 Å². The number of nitrogens with zero attached hydrogens (tertiary/aromatic N) is 1. The lowest BCUT2D eigenvalue weighted by Gasteiger charge is -2.35. The van der Waals surface area contributed by atoms with E-state index in [1.54, 1.807) is 0 Å². The van der Waals surface area contributed by atoms with Crippen molar-refractivity contribution in [3.8, 4) is 0 Å². The van der Waals surface area contributed by atoms with E-state index in [-0.39, 0.29) is 0 Å². The Balaban J connectivity index is 1.75. The van der Waals surface area contributed by atoms with E-state index in [9.17, 15) is 0 Å². The summed E-state index contributed by atoms with van der Waals surface area (Å²) in [5.74, 6) is 0. The zero-order chi connectivity index (χ0) is 12.8. The molecule has 1 aliphatic heterocycles. The van der Waals surface area contributed by atoms with Crippen molar-refractivity contribution < 1.29 is 4.74 Å². The minimum Gasteiger partial charge on any atom is -0.384 e. The Hall–Kier alpha value is -1.06. The summed E-state index contributed by atoms with van der Waals surface area (Å²) in [6.07, 6.45) is 1.17. The van der Waals surface area contributed by atoms with E-state index in [4.69, 9.17) is 4.74 Å². The lowest BCUT2D eigenvalue weighted by molar-refractivity contribution is -0.00648. The number of hydrogen-bond donors (Lipinski definition) is 1. The summed E-state index contributed by atoms with van der Waals surface area (Å²) >= 11 is 0. The lowest BCUT2D eigenvalue weighted by Crippen LogP contribution is -2.46. The molecule has 0 saturated carbocycles. The molecule has 18 heavy (non-hydrogen) atoms. The van der Waals surface area contributed by atoms with Crippen molar-refractivity contribution in [2.75, 3.05) is 38.2 Å². The third-order valence-electron chi connectivity index (χ3n) is 3.60. The van der Waals surface area contributed by atoms with Crippen LogP contribution in [0.1, 0.15) is 18.9 Å². The minimum absolute atomic E-state index is 0.596. The van der Waals surface area contributed by atoms with Gasteiger partial charge in [0.2, 0.25) is 0 Å². The molecule has 1 aromatic carbocycles. The predicted molar refractivity (Wildman–Crippen MR) is 76.1 cm³/mol. The van der Waals surface area contributed by atoms with Gasteiger partial charge in [0.1, 0.15) is 0 Å². The quantitative estimate of drug-likeness (QED) is 0.866. The Morgan fingerprint density at radius 3 is 2.83 bits per heavy atom. The first kappa shape index (κ1) is 13.4. The largest absolute Gasteiger partial charge is 0.384 e. The van der Waals surface area contributed by atoms with Gasteiger partial charge in [-0.15, -0.1) is 0 Å². The van der Waals surface area contributed by atoms with Crippen LogP contribution >= 0.6 is 0 Å². The third kappa shape index (κ3) is 3.72. The van der Waals surface area contributed by atoms with E-state index in [1.165, 1.54) is 17.7 Å². The van der Waals surface area contributed by atoms with Gasteiger partial charge >= 0.3 is 0 Å². The van der Waals surface area contributed by atoms with Gasteiger partial charge in [-0.25, -0.2) is 0 Å². The number of morpholine rings is 1. The average molecular weight is 248 g/mol. The van der Waals surface area contributed by atoms with Gasteiger partial charge in [-0.05, 0) is 25.5 Å². The number of nitrogens with one attached hydrogen (secondary N) is 1. The second-order valence-corrected chi connectivity index (χ2v) is 4.97. The highest BCUT2D eigenvalue weighted by molar-refractivity contribution is 5.44. The van der Waals surface area contributed by atoms with Crippen LogP contribution in [-0.2, 0) is 4.74 Å². The summed E-state index contributed by atoms with van der Waals surface area (Å²) in [5, 5.41) is 3.48. The van der Waals surface area contributed by atoms with Crippen molar-refractivity contribution in [2.24, 2.45) is 0 Å². The molecule has 1 heterocycles. The maximum atomic E-state index is 5.52. The highest BCUT2D eigenvalue weighted by Gasteiger charge is 2.20. The van der Waals surface area contributed by atoms with Crippen molar-refractivity contribution in [1.29, 1.82) is 0 Å². The summed E-state index contributed by atoms with van der Waals surface area (Å²) in [7, 11) is 0. The molecule has 0 spiro atoms. The summed E-state index contributed by atoms with van der Waals surface area (Å²) < 4.78 is 5.52. The molecule has 0 radical (unpaired) electrons. The maximum absolute atomic E-state index is 5.52.